The number of hydrogen-bond donors (Lipinski definition) is 1. The highest BCUT2D eigenvalue weighted by atomic mass is 19.1. The van der Waals surface area contributed by atoms with Crippen LogP contribution in [0.1, 0.15) is 15.9 Å². The molecule has 0 aliphatic carbocycles. The Morgan fingerprint density at radius 1 is 1.04 bits per heavy atom. The van der Waals surface area contributed by atoms with Crippen molar-refractivity contribution in [3.63, 3.8) is 0 Å². The van der Waals surface area contributed by atoms with E-state index in [0.717, 1.165) is 37.3 Å². The van der Waals surface area contributed by atoms with Crippen LogP contribution in [-0.4, -0.2) is 51.2 Å². The van der Waals surface area contributed by atoms with Gasteiger partial charge < -0.3 is 19.3 Å². The van der Waals surface area contributed by atoms with Crippen LogP contribution < -0.4 is 14.4 Å². The average molecular weight is 377 g/mol. The van der Waals surface area contributed by atoms with E-state index in [1.54, 1.807) is 19.1 Å². The lowest BCUT2D eigenvalue weighted by atomic mass is 10.1. The van der Waals surface area contributed by atoms with Crippen molar-refractivity contribution in [3.8, 4) is 11.5 Å². The second-order valence-electron chi connectivity index (χ2n) is 6.53. The smallest absolute Gasteiger partial charge is 0.257 e. The maximum Gasteiger partial charge on any atom is 0.257 e. The number of carbonyl (C=O) groups is 1. The molecule has 0 aromatic heterocycles. The molecule has 1 N–H and O–H groups in total. The molecule has 144 valence electrons. The van der Waals surface area contributed by atoms with E-state index in [9.17, 15) is 13.6 Å². The number of rotatable bonds is 5. The molecule has 0 radical (unpaired) electrons. The van der Waals surface area contributed by atoms with E-state index in [1.807, 2.05) is 18.2 Å². The molecule has 2 aromatic rings. The van der Waals surface area contributed by atoms with E-state index >= 15 is 0 Å². The minimum Gasteiger partial charge on any atom is -0.493 e. The van der Waals surface area contributed by atoms with Crippen molar-refractivity contribution in [1.29, 1.82) is 0 Å². The SMILES string of the molecule is COc1ccc(C[NH+]2CCN(C(=O)c3ccc(F)cc3F)CC2)cc1OC. The van der Waals surface area contributed by atoms with Gasteiger partial charge in [-0.2, -0.15) is 0 Å². The Labute approximate surface area is 157 Å². The second kappa shape index (κ2) is 8.35. The quantitative estimate of drug-likeness (QED) is 0.859. The van der Waals surface area contributed by atoms with E-state index < -0.39 is 17.5 Å². The van der Waals surface area contributed by atoms with E-state index in [1.165, 1.54) is 11.0 Å². The van der Waals surface area contributed by atoms with Crippen molar-refractivity contribution in [2.45, 2.75) is 6.54 Å². The van der Waals surface area contributed by atoms with Gasteiger partial charge >= 0.3 is 0 Å². The number of piperazine rings is 1. The molecule has 0 spiro atoms. The summed E-state index contributed by atoms with van der Waals surface area (Å²) < 4.78 is 37.5. The first-order valence-electron chi connectivity index (χ1n) is 8.80. The van der Waals surface area contributed by atoms with E-state index in [0.29, 0.717) is 24.6 Å². The summed E-state index contributed by atoms with van der Waals surface area (Å²) in [5, 5.41) is 0. The molecule has 0 bridgehead atoms. The lowest BCUT2D eigenvalue weighted by Crippen LogP contribution is -3.13. The lowest BCUT2D eigenvalue weighted by molar-refractivity contribution is -0.917. The van der Waals surface area contributed by atoms with Crippen LogP contribution in [-0.2, 0) is 6.54 Å². The Kier molecular flexibility index (Phi) is 5.91. The van der Waals surface area contributed by atoms with Crippen LogP contribution in [0, 0.1) is 11.6 Å². The molecule has 0 unspecified atom stereocenters. The van der Waals surface area contributed by atoms with Crippen LogP contribution >= 0.6 is 0 Å². The van der Waals surface area contributed by atoms with Crippen LogP contribution in [0.2, 0.25) is 0 Å². The molecule has 3 rings (SSSR count). The van der Waals surface area contributed by atoms with Gasteiger partial charge in [0.15, 0.2) is 11.5 Å². The normalized spacial score (nSPS) is 14.9. The van der Waals surface area contributed by atoms with E-state index in [2.05, 4.69) is 0 Å². The number of halogens is 2. The van der Waals surface area contributed by atoms with Crippen molar-refractivity contribution in [3.05, 3.63) is 59.2 Å². The number of amides is 1. The summed E-state index contributed by atoms with van der Waals surface area (Å²) in [4.78, 5) is 15.4. The zero-order valence-electron chi connectivity index (χ0n) is 15.4. The van der Waals surface area contributed by atoms with Crippen molar-refractivity contribution < 1.29 is 27.9 Å². The molecule has 1 aliphatic rings. The highest BCUT2D eigenvalue weighted by molar-refractivity contribution is 5.94. The minimum atomic E-state index is -0.819. The third-order valence-electron chi connectivity index (χ3n) is 4.82. The van der Waals surface area contributed by atoms with Gasteiger partial charge in [-0.05, 0) is 30.3 Å². The van der Waals surface area contributed by atoms with Gasteiger partial charge in [0.25, 0.3) is 5.91 Å². The Morgan fingerprint density at radius 3 is 2.37 bits per heavy atom. The molecule has 0 saturated carbocycles. The minimum absolute atomic E-state index is 0.0836. The zero-order chi connectivity index (χ0) is 19.4. The predicted molar refractivity (Wildman–Crippen MR) is 96.2 cm³/mol. The molecule has 1 heterocycles. The molecular weight excluding hydrogens is 354 g/mol. The van der Waals surface area contributed by atoms with Crippen LogP contribution in [0.4, 0.5) is 8.78 Å². The first kappa shape index (κ1) is 19.1. The summed E-state index contributed by atoms with van der Waals surface area (Å²) in [6.07, 6.45) is 0. The lowest BCUT2D eigenvalue weighted by Gasteiger charge is -2.32. The molecule has 1 aliphatic heterocycles. The number of benzene rings is 2. The maximum atomic E-state index is 13.8. The second-order valence-corrected chi connectivity index (χ2v) is 6.53. The van der Waals surface area contributed by atoms with Crippen LogP contribution in [0.15, 0.2) is 36.4 Å². The van der Waals surface area contributed by atoms with Crippen molar-refractivity contribution in [2.75, 3.05) is 40.4 Å². The first-order chi connectivity index (χ1) is 13.0. The van der Waals surface area contributed by atoms with Gasteiger partial charge in [0, 0.05) is 11.6 Å². The average Bonchev–Trinajstić information content (AvgIpc) is 2.68. The summed E-state index contributed by atoms with van der Waals surface area (Å²) in [6, 6.07) is 8.89. The zero-order valence-corrected chi connectivity index (χ0v) is 15.4. The van der Waals surface area contributed by atoms with Crippen molar-refractivity contribution >= 4 is 5.91 Å². The molecule has 5 nitrogen and oxygen atoms in total. The van der Waals surface area contributed by atoms with Crippen LogP contribution in [0.5, 0.6) is 11.5 Å². The summed E-state index contributed by atoms with van der Waals surface area (Å²) in [6.45, 7) is 3.36. The van der Waals surface area contributed by atoms with Gasteiger partial charge in [0.1, 0.15) is 18.2 Å². The summed E-state index contributed by atoms with van der Waals surface area (Å²) in [5.74, 6) is -0.519. The third kappa shape index (κ3) is 4.36. The van der Waals surface area contributed by atoms with Gasteiger partial charge in [-0.15, -0.1) is 0 Å². The van der Waals surface area contributed by atoms with Crippen LogP contribution in [0.25, 0.3) is 0 Å². The van der Waals surface area contributed by atoms with E-state index in [4.69, 9.17) is 9.47 Å². The molecule has 7 heteroatoms. The summed E-state index contributed by atoms with van der Waals surface area (Å²) in [7, 11) is 3.20. The highest BCUT2D eigenvalue weighted by Gasteiger charge is 2.26. The Morgan fingerprint density at radius 2 is 1.74 bits per heavy atom. The van der Waals surface area contributed by atoms with Gasteiger partial charge in [0.2, 0.25) is 0 Å². The Balaban J connectivity index is 1.59. The summed E-state index contributed by atoms with van der Waals surface area (Å²) in [5.41, 5.74) is 1.03. The fourth-order valence-electron chi connectivity index (χ4n) is 3.32. The van der Waals surface area contributed by atoms with E-state index in [-0.39, 0.29) is 5.56 Å². The van der Waals surface area contributed by atoms with Crippen molar-refractivity contribution in [1.82, 2.24) is 4.90 Å². The molecule has 1 amide bonds. The maximum absolute atomic E-state index is 13.8. The number of methoxy groups -OCH3 is 2. The largest absolute Gasteiger partial charge is 0.493 e. The van der Waals surface area contributed by atoms with Gasteiger partial charge in [-0.3, -0.25) is 4.79 Å². The summed E-state index contributed by atoms with van der Waals surface area (Å²) >= 11 is 0. The molecule has 1 saturated heterocycles. The number of ether oxygens (including phenoxy) is 2. The topological polar surface area (TPSA) is 43.2 Å². The molecular formula is C20H23F2N2O3+. The Hall–Kier alpha value is -2.67. The number of nitrogens with zero attached hydrogens (tertiary/aromatic N) is 1. The van der Waals surface area contributed by atoms with Gasteiger partial charge in [-0.25, -0.2) is 8.78 Å². The monoisotopic (exact) mass is 377 g/mol. The fourth-order valence-corrected chi connectivity index (χ4v) is 3.32. The highest BCUT2D eigenvalue weighted by Crippen LogP contribution is 2.27. The molecule has 1 fully saturated rings. The van der Waals surface area contributed by atoms with Crippen molar-refractivity contribution in [2.24, 2.45) is 0 Å². The predicted octanol–water partition coefficient (Wildman–Crippen LogP) is 1.52. The number of carbonyl (C=O) groups excluding carboxylic acids is 1. The Bertz CT molecular complexity index is 821. The first-order valence-corrected chi connectivity index (χ1v) is 8.80. The molecule has 2 aromatic carbocycles. The van der Waals surface area contributed by atoms with Crippen LogP contribution in [0.3, 0.4) is 0 Å². The number of quaternary nitrogens is 1. The fraction of sp³-hybridized carbons (Fsp3) is 0.350. The van der Waals surface area contributed by atoms with Gasteiger partial charge in [-0.1, -0.05) is 0 Å². The number of nitrogens with one attached hydrogen (secondary N) is 1. The number of hydrogen-bond acceptors (Lipinski definition) is 3. The molecule has 27 heavy (non-hydrogen) atoms. The van der Waals surface area contributed by atoms with Gasteiger partial charge in [0.05, 0.1) is 46.0 Å². The standard InChI is InChI=1S/C20H22F2N2O3/c1-26-18-6-3-14(11-19(18)27-2)13-23-7-9-24(10-8-23)20(25)16-5-4-15(21)12-17(16)22/h3-6,11-12H,7-10,13H2,1-2H3/p+1. The molecule has 0 atom stereocenters. The third-order valence-corrected chi connectivity index (χ3v) is 4.82.